The number of hydrogen-bond donors (Lipinski definition) is 1. The van der Waals surface area contributed by atoms with Gasteiger partial charge in [0.1, 0.15) is 5.82 Å². The molecule has 0 spiro atoms. The van der Waals surface area contributed by atoms with Crippen molar-refractivity contribution in [2.75, 3.05) is 12.4 Å². The highest BCUT2D eigenvalue weighted by Gasteiger charge is 2.18. The fraction of sp³-hybridized carbons (Fsp3) is 0.385. The van der Waals surface area contributed by atoms with E-state index in [9.17, 15) is 0 Å². The normalized spacial score (nSPS) is 14.3. The minimum atomic E-state index is 0.658. The molecule has 1 N–H and O–H groups in total. The Bertz CT molecular complexity index is 562. The zero-order valence-corrected chi connectivity index (χ0v) is 11.7. The molecule has 1 aliphatic rings. The Morgan fingerprint density at radius 3 is 2.78 bits per heavy atom. The average Bonchev–Trinajstić information content (AvgIpc) is 2.84. The lowest BCUT2D eigenvalue weighted by atomic mass is 9.96. The van der Waals surface area contributed by atoms with Crippen molar-refractivity contribution in [2.24, 2.45) is 0 Å². The molecule has 0 unspecified atom stereocenters. The van der Waals surface area contributed by atoms with Crippen molar-refractivity contribution < 1.29 is 4.42 Å². The van der Waals surface area contributed by atoms with Gasteiger partial charge in [0, 0.05) is 18.3 Å². The number of aromatic nitrogens is 2. The predicted octanol–water partition coefficient (Wildman–Crippen LogP) is 3.42. The monoisotopic (exact) mass is 307 g/mol. The molecule has 5 heteroatoms. The standard InChI is InChI=1S/C13H14BrN3O/c1-15-12-8-4-2-3-5-9(8)16-13(17-12)10-6-7-11(14)18-10/h6-7H,2-5H2,1H3,(H,15,16,17). The Kier molecular flexibility index (Phi) is 3.07. The molecule has 2 heterocycles. The van der Waals surface area contributed by atoms with Crippen LogP contribution in [0.15, 0.2) is 21.2 Å². The number of rotatable bonds is 2. The van der Waals surface area contributed by atoms with Gasteiger partial charge in [-0.2, -0.15) is 0 Å². The highest BCUT2D eigenvalue weighted by Crippen LogP contribution is 2.29. The molecule has 0 saturated carbocycles. The molecular formula is C13H14BrN3O. The smallest absolute Gasteiger partial charge is 0.197 e. The second-order valence-corrected chi connectivity index (χ2v) is 5.16. The van der Waals surface area contributed by atoms with Gasteiger partial charge in [-0.3, -0.25) is 0 Å². The molecule has 0 bridgehead atoms. The molecule has 94 valence electrons. The first-order valence-electron chi connectivity index (χ1n) is 6.11. The van der Waals surface area contributed by atoms with Crippen molar-refractivity contribution in [3.63, 3.8) is 0 Å². The zero-order valence-electron chi connectivity index (χ0n) is 10.2. The highest BCUT2D eigenvalue weighted by molar-refractivity contribution is 9.10. The molecule has 18 heavy (non-hydrogen) atoms. The minimum absolute atomic E-state index is 0.658. The van der Waals surface area contributed by atoms with Crippen LogP contribution in [0.2, 0.25) is 0 Å². The van der Waals surface area contributed by atoms with E-state index >= 15 is 0 Å². The first-order valence-corrected chi connectivity index (χ1v) is 6.90. The summed E-state index contributed by atoms with van der Waals surface area (Å²) in [6.07, 6.45) is 4.51. The summed E-state index contributed by atoms with van der Waals surface area (Å²) >= 11 is 3.30. The maximum Gasteiger partial charge on any atom is 0.197 e. The Balaban J connectivity index is 2.11. The lowest BCUT2D eigenvalue weighted by Gasteiger charge is -2.18. The van der Waals surface area contributed by atoms with Crippen LogP contribution in [0, 0.1) is 0 Å². The molecule has 0 fully saturated rings. The van der Waals surface area contributed by atoms with Gasteiger partial charge in [0.05, 0.1) is 0 Å². The van der Waals surface area contributed by atoms with Gasteiger partial charge >= 0.3 is 0 Å². The van der Waals surface area contributed by atoms with E-state index in [-0.39, 0.29) is 0 Å². The molecule has 0 atom stereocenters. The Morgan fingerprint density at radius 2 is 2.06 bits per heavy atom. The summed E-state index contributed by atoms with van der Waals surface area (Å²) in [6.45, 7) is 0. The van der Waals surface area contributed by atoms with Crippen LogP contribution >= 0.6 is 15.9 Å². The summed E-state index contributed by atoms with van der Waals surface area (Å²) in [4.78, 5) is 9.19. The van der Waals surface area contributed by atoms with Crippen LogP contribution in [0.5, 0.6) is 0 Å². The Morgan fingerprint density at radius 1 is 1.22 bits per heavy atom. The average molecular weight is 308 g/mol. The molecule has 3 rings (SSSR count). The van der Waals surface area contributed by atoms with Gasteiger partial charge in [0.25, 0.3) is 0 Å². The molecule has 1 aliphatic carbocycles. The molecule has 0 radical (unpaired) electrons. The first kappa shape index (κ1) is 11.7. The van der Waals surface area contributed by atoms with Crippen LogP contribution in [0.25, 0.3) is 11.6 Å². The number of anilines is 1. The third-order valence-electron chi connectivity index (χ3n) is 3.21. The van der Waals surface area contributed by atoms with E-state index in [1.54, 1.807) is 0 Å². The number of hydrogen-bond acceptors (Lipinski definition) is 4. The molecule has 4 nitrogen and oxygen atoms in total. The number of fused-ring (bicyclic) bond motifs is 1. The largest absolute Gasteiger partial charge is 0.446 e. The lowest BCUT2D eigenvalue weighted by Crippen LogP contribution is -2.11. The maximum atomic E-state index is 5.52. The van der Waals surface area contributed by atoms with Crippen molar-refractivity contribution in [2.45, 2.75) is 25.7 Å². The SMILES string of the molecule is CNc1nc(-c2ccc(Br)o2)nc2c1CCCC2. The van der Waals surface area contributed by atoms with Gasteiger partial charge in [-0.15, -0.1) is 0 Å². The van der Waals surface area contributed by atoms with E-state index < -0.39 is 0 Å². The summed E-state index contributed by atoms with van der Waals surface area (Å²) in [7, 11) is 1.90. The maximum absolute atomic E-state index is 5.52. The molecule has 0 saturated heterocycles. The Hall–Kier alpha value is -1.36. The summed E-state index contributed by atoms with van der Waals surface area (Å²) < 4.78 is 6.22. The zero-order chi connectivity index (χ0) is 12.5. The van der Waals surface area contributed by atoms with E-state index in [1.807, 2.05) is 19.2 Å². The number of halogens is 1. The van der Waals surface area contributed by atoms with E-state index in [0.717, 1.165) is 24.4 Å². The van der Waals surface area contributed by atoms with E-state index in [2.05, 4.69) is 31.2 Å². The molecule has 2 aromatic heterocycles. The van der Waals surface area contributed by atoms with Gasteiger partial charge in [-0.1, -0.05) is 0 Å². The quantitative estimate of drug-likeness (QED) is 0.923. The van der Waals surface area contributed by atoms with Crippen LogP contribution < -0.4 is 5.32 Å². The van der Waals surface area contributed by atoms with Crippen LogP contribution in [0.3, 0.4) is 0 Å². The van der Waals surface area contributed by atoms with Crippen molar-refractivity contribution in [1.82, 2.24) is 9.97 Å². The lowest BCUT2D eigenvalue weighted by molar-refractivity contribution is 0.550. The van der Waals surface area contributed by atoms with Crippen molar-refractivity contribution >= 4 is 21.7 Å². The fourth-order valence-electron chi connectivity index (χ4n) is 2.35. The predicted molar refractivity (Wildman–Crippen MR) is 73.6 cm³/mol. The fourth-order valence-corrected chi connectivity index (χ4v) is 2.65. The van der Waals surface area contributed by atoms with Crippen LogP contribution in [0.1, 0.15) is 24.1 Å². The van der Waals surface area contributed by atoms with Gasteiger partial charge in [-0.25, -0.2) is 9.97 Å². The second-order valence-electron chi connectivity index (χ2n) is 4.38. The summed E-state index contributed by atoms with van der Waals surface area (Å²) in [5, 5.41) is 3.17. The van der Waals surface area contributed by atoms with Crippen molar-refractivity contribution in [1.29, 1.82) is 0 Å². The highest BCUT2D eigenvalue weighted by atomic mass is 79.9. The third-order valence-corrected chi connectivity index (χ3v) is 3.64. The summed E-state index contributed by atoms with van der Waals surface area (Å²) in [5.41, 5.74) is 2.42. The van der Waals surface area contributed by atoms with Crippen molar-refractivity contribution in [3.8, 4) is 11.6 Å². The van der Waals surface area contributed by atoms with Gasteiger partial charge < -0.3 is 9.73 Å². The minimum Gasteiger partial charge on any atom is -0.446 e. The summed E-state index contributed by atoms with van der Waals surface area (Å²) in [6, 6.07) is 3.74. The van der Waals surface area contributed by atoms with E-state index in [4.69, 9.17) is 4.42 Å². The van der Waals surface area contributed by atoms with Gasteiger partial charge in [0.2, 0.25) is 0 Å². The van der Waals surface area contributed by atoms with Crippen LogP contribution in [-0.4, -0.2) is 17.0 Å². The molecule has 0 amide bonds. The molecule has 2 aromatic rings. The molecule has 0 aromatic carbocycles. The molecule has 0 aliphatic heterocycles. The van der Waals surface area contributed by atoms with Crippen molar-refractivity contribution in [3.05, 3.63) is 28.1 Å². The number of aryl methyl sites for hydroxylation is 1. The van der Waals surface area contributed by atoms with Crippen LogP contribution in [-0.2, 0) is 12.8 Å². The van der Waals surface area contributed by atoms with Crippen LogP contribution in [0.4, 0.5) is 5.82 Å². The second kappa shape index (κ2) is 4.72. The van der Waals surface area contributed by atoms with Gasteiger partial charge in [0.15, 0.2) is 16.3 Å². The third kappa shape index (κ3) is 2.03. The summed E-state index contributed by atoms with van der Waals surface area (Å²) in [5.74, 6) is 2.29. The number of nitrogens with one attached hydrogen (secondary N) is 1. The topological polar surface area (TPSA) is 51.0 Å². The number of nitrogens with zero attached hydrogens (tertiary/aromatic N) is 2. The molecular weight excluding hydrogens is 294 g/mol. The Labute approximate surface area is 114 Å². The van der Waals surface area contributed by atoms with E-state index in [0.29, 0.717) is 16.3 Å². The van der Waals surface area contributed by atoms with E-state index in [1.165, 1.54) is 18.4 Å². The first-order chi connectivity index (χ1) is 8.78. The number of furan rings is 1. The van der Waals surface area contributed by atoms with Gasteiger partial charge in [-0.05, 0) is 53.7 Å².